The molecule has 14 heteroatoms. The van der Waals surface area contributed by atoms with Gasteiger partial charge >= 0.3 is 24.3 Å². The molecule has 0 bridgehead atoms. The van der Waals surface area contributed by atoms with E-state index >= 15 is 0 Å². The predicted octanol–water partition coefficient (Wildman–Crippen LogP) is 7.83. The van der Waals surface area contributed by atoms with Gasteiger partial charge in [-0.05, 0) is 126 Å². The zero-order chi connectivity index (χ0) is 24.4. The Morgan fingerprint density at radius 3 is 1.52 bits per heavy atom. The summed E-state index contributed by atoms with van der Waals surface area (Å²) in [4.78, 5) is 21.2. The smallest absolute Gasteiger partial charge is 0.417 e. The van der Waals surface area contributed by atoms with Crippen molar-refractivity contribution in [1.82, 2.24) is 0 Å². The van der Waals surface area contributed by atoms with Crippen LogP contribution in [0.4, 0.5) is 26.3 Å². The van der Waals surface area contributed by atoms with Crippen molar-refractivity contribution in [3.05, 3.63) is 67.8 Å². The summed E-state index contributed by atoms with van der Waals surface area (Å²) in [5.41, 5.74) is -3.10. The summed E-state index contributed by atoms with van der Waals surface area (Å²) in [6, 6.07) is 5.78. The number of benzene rings is 2. The van der Waals surface area contributed by atoms with E-state index in [4.69, 9.17) is 10.2 Å². The van der Waals surface area contributed by atoms with Crippen LogP contribution in [0.25, 0.3) is 0 Å². The van der Waals surface area contributed by atoms with Gasteiger partial charge in [-0.15, -0.1) is 0 Å². The van der Waals surface area contributed by atoms with Crippen molar-refractivity contribution in [2.24, 2.45) is 0 Å². The lowest BCUT2D eigenvalue weighted by atomic mass is 10.0. The summed E-state index contributed by atoms with van der Waals surface area (Å²) in [5.74, 6) is -2.81. The lowest BCUT2D eigenvalue weighted by Crippen LogP contribution is -2.15. The Labute approximate surface area is 225 Å². The molecule has 0 unspecified atom stereocenters. The van der Waals surface area contributed by atoms with Crippen molar-refractivity contribution in [2.45, 2.75) is 11.8 Å². The van der Waals surface area contributed by atoms with E-state index in [2.05, 4.69) is 90.4 Å². The van der Waals surface area contributed by atoms with Gasteiger partial charge in [0, 0.05) is 3.57 Å². The van der Waals surface area contributed by atoms with E-state index in [9.17, 15) is 35.9 Å². The van der Waals surface area contributed by atoms with Crippen molar-refractivity contribution >= 4 is 102 Å². The van der Waals surface area contributed by atoms with Crippen LogP contribution >= 0.6 is 90.4 Å². The molecule has 0 amide bonds. The molecule has 0 radical (unpaired) electrons. The summed E-state index contributed by atoms with van der Waals surface area (Å²) >= 11 is 8.98. The van der Waals surface area contributed by atoms with Gasteiger partial charge in [-0.3, -0.25) is 0 Å². The van der Waals surface area contributed by atoms with Gasteiger partial charge in [0.15, 0.2) is 0 Å². The molecule has 0 fully saturated rings. The summed E-state index contributed by atoms with van der Waals surface area (Å²) in [6.07, 6.45) is -10.1. The van der Waals surface area contributed by atoms with Gasteiger partial charge in [0.25, 0.3) is 0 Å². The molecular weight excluding hydrogens is 890 g/mol. The van der Waals surface area contributed by atoms with E-state index in [0.717, 1.165) is 9.13 Å². The first-order valence-electron chi connectivity index (χ1n) is 7.47. The quantitative estimate of drug-likeness (QED) is 0.187. The number of hydrogen-bond acceptors (Lipinski definition) is 2. The molecule has 2 N–H and O–H groups in total. The fraction of sp³-hybridized carbons (Fsp3) is 0.176. The van der Waals surface area contributed by atoms with Gasteiger partial charge in [0.1, 0.15) is -0.565 Å². The molecule has 0 spiro atoms. The van der Waals surface area contributed by atoms with Gasteiger partial charge in [0.2, 0.25) is 0 Å². The van der Waals surface area contributed by atoms with Crippen LogP contribution in [0.3, 0.4) is 0 Å². The summed E-state index contributed by atoms with van der Waals surface area (Å²) in [5, 5.41) is 17.3. The molecule has 2 aromatic carbocycles. The maximum Gasteiger partial charge on any atom is 0.417 e. The third kappa shape index (κ3) is 8.63. The fourth-order valence-electron chi connectivity index (χ4n) is 2.01. The summed E-state index contributed by atoms with van der Waals surface area (Å²) in [7, 11) is 0. The highest BCUT2D eigenvalue weighted by Gasteiger charge is 2.39. The molecular formula is C17H8F6I4O4. The molecule has 0 heterocycles. The van der Waals surface area contributed by atoms with E-state index in [1.807, 2.05) is 12.1 Å². The number of hydrogen-bond donors (Lipinski definition) is 2. The van der Waals surface area contributed by atoms with Crippen LogP contribution in [0, 0.1) is 3.57 Å². The largest absolute Gasteiger partial charge is 0.478 e. The summed E-state index contributed by atoms with van der Waals surface area (Å²) < 4.78 is 74.3. The zero-order valence-electron chi connectivity index (χ0n) is 14.5. The molecule has 0 aliphatic heterocycles. The Balaban J connectivity index is 0.000000316. The molecule has 170 valence electrons. The van der Waals surface area contributed by atoms with Crippen LogP contribution < -0.4 is 0 Å². The number of aromatic carboxylic acids is 2. The Morgan fingerprint density at radius 1 is 0.710 bits per heavy atom. The van der Waals surface area contributed by atoms with Crippen LogP contribution in [-0.2, 0) is 11.8 Å². The molecule has 0 saturated carbocycles. The Bertz CT molecular complexity index is 984. The number of halogens is 10. The maximum absolute atomic E-state index is 12.3. The normalized spacial score (nSPS) is 12.1. The SMILES string of the molecule is O=C(O)c1ccc(C(F)(F)F)cc1C(F)(F)F.O=C(O)c1ccc(C(I)(I)I)cc1I. The minimum Gasteiger partial charge on any atom is -0.478 e. The third-order valence-corrected chi connectivity index (χ3v) is 6.17. The molecule has 4 nitrogen and oxygen atoms in total. The standard InChI is InChI=1S/C9H4F6O2.C8H4I4O2/c10-8(11,12)4-1-2-5(7(16)17)6(3-4)9(13,14)15;9-6-3-4(8(10,11)12)1-2-5(6)7(13)14/h1-3H,(H,16,17);1-3H,(H,13,14). The highest BCUT2D eigenvalue weighted by Crippen LogP contribution is 2.46. The number of carboxylic acids is 2. The topological polar surface area (TPSA) is 74.6 Å². The lowest BCUT2D eigenvalue weighted by molar-refractivity contribution is -0.143. The number of rotatable bonds is 3. The van der Waals surface area contributed by atoms with E-state index in [0.29, 0.717) is 11.6 Å². The molecule has 0 aliphatic rings. The molecule has 2 rings (SSSR count). The Morgan fingerprint density at radius 2 is 1.16 bits per heavy atom. The second-order valence-corrected chi connectivity index (χ2v) is 17.8. The van der Waals surface area contributed by atoms with Crippen molar-refractivity contribution in [3.63, 3.8) is 0 Å². The van der Waals surface area contributed by atoms with Gasteiger partial charge in [-0.1, -0.05) is 6.07 Å². The van der Waals surface area contributed by atoms with E-state index < -0.39 is 41.0 Å². The second kappa shape index (κ2) is 10.9. The zero-order valence-corrected chi connectivity index (χ0v) is 23.1. The van der Waals surface area contributed by atoms with Gasteiger partial charge < -0.3 is 10.2 Å². The van der Waals surface area contributed by atoms with Gasteiger partial charge in [0.05, 0.1) is 22.3 Å². The van der Waals surface area contributed by atoms with Crippen LogP contribution in [0.5, 0.6) is 0 Å². The van der Waals surface area contributed by atoms with Crippen LogP contribution in [0.2, 0.25) is 0 Å². The molecule has 0 atom stereocenters. The highest BCUT2D eigenvalue weighted by molar-refractivity contribution is 14.3. The van der Waals surface area contributed by atoms with E-state index in [1.165, 1.54) is 0 Å². The number of carbonyl (C=O) groups is 2. The fourth-order valence-corrected chi connectivity index (χ4v) is 3.76. The first-order valence-corrected chi connectivity index (χ1v) is 11.8. The molecule has 2 aromatic rings. The minimum atomic E-state index is -5.16. The highest BCUT2D eigenvalue weighted by atomic mass is 127. The van der Waals surface area contributed by atoms with Crippen molar-refractivity contribution in [1.29, 1.82) is 0 Å². The van der Waals surface area contributed by atoms with Crippen LogP contribution in [0.1, 0.15) is 37.4 Å². The Kier molecular flexibility index (Phi) is 10.1. The molecule has 0 aliphatic carbocycles. The minimum absolute atomic E-state index is 0.0236. The first kappa shape index (κ1) is 28.9. The second-order valence-electron chi connectivity index (χ2n) is 5.56. The Hall–Kier alpha value is -0.120. The molecule has 0 aromatic heterocycles. The monoisotopic (exact) mass is 898 g/mol. The van der Waals surface area contributed by atoms with Gasteiger partial charge in [-0.25, -0.2) is 9.59 Å². The number of alkyl halides is 9. The van der Waals surface area contributed by atoms with E-state index in [-0.39, 0.29) is 11.6 Å². The summed E-state index contributed by atoms with van der Waals surface area (Å²) in [6.45, 7) is 0. The lowest BCUT2D eigenvalue weighted by Gasteiger charge is -2.13. The van der Waals surface area contributed by atoms with Crippen molar-refractivity contribution in [3.8, 4) is 0 Å². The van der Waals surface area contributed by atoms with Gasteiger partial charge in [-0.2, -0.15) is 26.3 Å². The van der Waals surface area contributed by atoms with Crippen molar-refractivity contribution in [2.75, 3.05) is 0 Å². The third-order valence-electron chi connectivity index (χ3n) is 3.41. The average Bonchev–Trinajstić information content (AvgIpc) is 2.59. The first-order chi connectivity index (χ1) is 13.9. The van der Waals surface area contributed by atoms with Crippen LogP contribution in [0.15, 0.2) is 36.4 Å². The van der Waals surface area contributed by atoms with Crippen molar-refractivity contribution < 1.29 is 46.1 Å². The molecule has 0 saturated heterocycles. The maximum atomic E-state index is 12.3. The van der Waals surface area contributed by atoms with E-state index in [1.54, 1.807) is 6.07 Å². The predicted molar refractivity (Wildman–Crippen MR) is 133 cm³/mol. The average molecular weight is 898 g/mol. The number of carboxylic acid groups (broad SMARTS) is 2. The van der Waals surface area contributed by atoms with Crippen LogP contribution in [-0.4, -0.2) is 22.2 Å². The molecule has 31 heavy (non-hydrogen) atoms.